The Bertz CT molecular complexity index is 449. The lowest BCUT2D eigenvalue weighted by atomic mass is 10.4. The first-order valence-corrected chi connectivity index (χ1v) is 5.11. The lowest BCUT2D eigenvalue weighted by Crippen LogP contribution is -1.94. The van der Waals surface area contributed by atoms with Crippen molar-refractivity contribution in [2.75, 3.05) is 12.4 Å². The zero-order valence-corrected chi connectivity index (χ0v) is 9.34. The van der Waals surface area contributed by atoms with Crippen molar-refractivity contribution >= 4 is 11.5 Å². The number of methoxy groups -OCH3 is 1. The third-order valence-electron chi connectivity index (χ3n) is 2.20. The number of nitrogens with zero attached hydrogens (tertiary/aromatic N) is 3. The quantitative estimate of drug-likeness (QED) is 0.853. The van der Waals surface area contributed by atoms with Crippen molar-refractivity contribution in [3.8, 4) is 5.75 Å². The smallest absolute Gasteiger partial charge is 0.137 e. The van der Waals surface area contributed by atoms with Crippen molar-refractivity contribution in [3.05, 3.63) is 30.7 Å². The van der Waals surface area contributed by atoms with Crippen molar-refractivity contribution in [2.24, 2.45) is 0 Å². The molecule has 0 amide bonds. The summed E-state index contributed by atoms with van der Waals surface area (Å²) in [6.07, 6.45) is 5.38. The van der Waals surface area contributed by atoms with Crippen molar-refractivity contribution in [3.63, 3.8) is 0 Å². The first-order valence-electron chi connectivity index (χ1n) is 5.11. The Kier molecular flexibility index (Phi) is 3.05. The van der Waals surface area contributed by atoms with Crippen molar-refractivity contribution in [2.45, 2.75) is 13.5 Å². The maximum absolute atomic E-state index is 5.03. The van der Waals surface area contributed by atoms with E-state index in [1.165, 1.54) is 0 Å². The first-order chi connectivity index (χ1) is 7.81. The highest BCUT2D eigenvalue weighted by Crippen LogP contribution is 2.16. The van der Waals surface area contributed by atoms with E-state index in [4.69, 9.17) is 4.74 Å². The van der Waals surface area contributed by atoms with Gasteiger partial charge in [0, 0.05) is 12.7 Å². The van der Waals surface area contributed by atoms with Crippen LogP contribution in [0.3, 0.4) is 0 Å². The molecule has 0 saturated heterocycles. The standard InChI is InChI=1S/C11H14N4O/c1-3-15-8-9(6-13-15)14-11-5-4-10(16-2)7-12-11/h4-8H,3H2,1-2H3,(H,12,14). The molecule has 0 bridgehead atoms. The summed E-state index contributed by atoms with van der Waals surface area (Å²) >= 11 is 0. The molecule has 2 aromatic rings. The van der Waals surface area contributed by atoms with Gasteiger partial charge in [-0.3, -0.25) is 4.68 Å². The highest BCUT2D eigenvalue weighted by Gasteiger charge is 1.99. The van der Waals surface area contributed by atoms with Crippen LogP contribution in [0, 0.1) is 0 Å². The topological polar surface area (TPSA) is 52.0 Å². The van der Waals surface area contributed by atoms with E-state index in [2.05, 4.69) is 15.4 Å². The Labute approximate surface area is 94.1 Å². The van der Waals surface area contributed by atoms with E-state index in [1.807, 2.05) is 29.9 Å². The second-order valence-corrected chi connectivity index (χ2v) is 3.29. The molecule has 0 fully saturated rings. The molecule has 0 spiro atoms. The lowest BCUT2D eigenvalue weighted by molar-refractivity contribution is 0.413. The van der Waals surface area contributed by atoms with Gasteiger partial charge in [-0.2, -0.15) is 5.10 Å². The molecule has 5 heteroatoms. The Morgan fingerprint density at radius 2 is 2.25 bits per heavy atom. The zero-order chi connectivity index (χ0) is 11.4. The summed E-state index contributed by atoms with van der Waals surface area (Å²) < 4.78 is 6.89. The first kappa shape index (κ1) is 10.5. The van der Waals surface area contributed by atoms with Gasteiger partial charge >= 0.3 is 0 Å². The van der Waals surface area contributed by atoms with Gasteiger partial charge < -0.3 is 10.1 Å². The average Bonchev–Trinajstić information content (AvgIpc) is 2.78. The molecule has 0 unspecified atom stereocenters. The summed E-state index contributed by atoms with van der Waals surface area (Å²) in [5.41, 5.74) is 0.930. The molecule has 0 aliphatic rings. The zero-order valence-electron chi connectivity index (χ0n) is 9.34. The molecule has 0 aromatic carbocycles. The second kappa shape index (κ2) is 4.65. The van der Waals surface area contributed by atoms with Crippen LogP contribution in [0.4, 0.5) is 11.5 Å². The Balaban J connectivity index is 2.08. The van der Waals surface area contributed by atoms with Crippen LogP contribution in [0.25, 0.3) is 0 Å². The fourth-order valence-corrected chi connectivity index (χ4v) is 1.32. The van der Waals surface area contributed by atoms with Gasteiger partial charge in [0.2, 0.25) is 0 Å². The normalized spacial score (nSPS) is 10.1. The minimum absolute atomic E-state index is 0.745. The van der Waals surface area contributed by atoms with E-state index in [-0.39, 0.29) is 0 Å². The molecule has 0 saturated carbocycles. The van der Waals surface area contributed by atoms with E-state index in [1.54, 1.807) is 19.5 Å². The van der Waals surface area contributed by atoms with Crippen LogP contribution in [0.1, 0.15) is 6.92 Å². The van der Waals surface area contributed by atoms with Crippen LogP contribution in [0.2, 0.25) is 0 Å². The molecule has 2 heterocycles. The lowest BCUT2D eigenvalue weighted by Gasteiger charge is -2.03. The SMILES string of the molecule is CCn1cc(Nc2ccc(OC)cn2)cn1. The van der Waals surface area contributed by atoms with Crippen LogP contribution >= 0.6 is 0 Å². The van der Waals surface area contributed by atoms with Gasteiger partial charge in [-0.25, -0.2) is 4.98 Å². The van der Waals surface area contributed by atoms with E-state index < -0.39 is 0 Å². The number of anilines is 2. The minimum atomic E-state index is 0.745. The number of aryl methyl sites for hydroxylation is 1. The summed E-state index contributed by atoms with van der Waals surface area (Å²) in [6.45, 7) is 2.90. The van der Waals surface area contributed by atoms with Crippen molar-refractivity contribution in [1.29, 1.82) is 0 Å². The van der Waals surface area contributed by atoms with Crippen LogP contribution in [0.15, 0.2) is 30.7 Å². The predicted octanol–water partition coefficient (Wildman–Crippen LogP) is 2.05. The van der Waals surface area contributed by atoms with E-state index in [0.717, 1.165) is 23.8 Å². The van der Waals surface area contributed by atoms with Crippen LogP contribution in [-0.4, -0.2) is 21.9 Å². The molecule has 0 atom stereocenters. The highest BCUT2D eigenvalue weighted by atomic mass is 16.5. The molecule has 2 aromatic heterocycles. The largest absolute Gasteiger partial charge is 0.495 e. The molecule has 1 N–H and O–H groups in total. The highest BCUT2D eigenvalue weighted by molar-refractivity contribution is 5.54. The Morgan fingerprint density at radius 1 is 1.38 bits per heavy atom. The summed E-state index contributed by atoms with van der Waals surface area (Å²) in [5, 5.41) is 7.33. The maximum Gasteiger partial charge on any atom is 0.137 e. The van der Waals surface area contributed by atoms with Crippen LogP contribution < -0.4 is 10.1 Å². The van der Waals surface area contributed by atoms with Crippen molar-refractivity contribution < 1.29 is 4.74 Å². The van der Waals surface area contributed by atoms with Gasteiger partial charge in [0.05, 0.1) is 25.2 Å². The third kappa shape index (κ3) is 2.31. The number of ether oxygens (including phenoxy) is 1. The van der Waals surface area contributed by atoms with E-state index in [0.29, 0.717) is 0 Å². The van der Waals surface area contributed by atoms with Gasteiger partial charge in [-0.15, -0.1) is 0 Å². The van der Waals surface area contributed by atoms with Gasteiger partial charge in [0.1, 0.15) is 11.6 Å². The molecule has 0 aliphatic heterocycles. The fraction of sp³-hybridized carbons (Fsp3) is 0.273. The van der Waals surface area contributed by atoms with Gasteiger partial charge in [0.25, 0.3) is 0 Å². The molecule has 2 rings (SSSR count). The van der Waals surface area contributed by atoms with Gasteiger partial charge in [-0.05, 0) is 19.1 Å². The number of hydrogen-bond donors (Lipinski definition) is 1. The van der Waals surface area contributed by atoms with E-state index in [9.17, 15) is 0 Å². The van der Waals surface area contributed by atoms with E-state index >= 15 is 0 Å². The molecular formula is C11H14N4O. The number of aromatic nitrogens is 3. The Hall–Kier alpha value is -2.04. The summed E-state index contributed by atoms with van der Waals surface area (Å²) in [4.78, 5) is 4.21. The molecule has 16 heavy (non-hydrogen) atoms. The van der Waals surface area contributed by atoms with Gasteiger partial charge in [-0.1, -0.05) is 0 Å². The second-order valence-electron chi connectivity index (χ2n) is 3.29. The molecule has 0 aliphatic carbocycles. The number of hydrogen-bond acceptors (Lipinski definition) is 4. The summed E-state index contributed by atoms with van der Waals surface area (Å²) in [7, 11) is 1.62. The molecular weight excluding hydrogens is 204 g/mol. The molecule has 5 nitrogen and oxygen atoms in total. The number of rotatable bonds is 4. The number of nitrogens with one attached hydrogen (secondary N) is 1. The molecule has 0 radical (unpaired) electrons. The minimum Gasteiger partial charge on any atom is -0.495 e. The maximum atomic E-state index is 5.03. The molecule has 84 valence electrons. The fourth-order valence-electron chi connectivity index (χ4n) is 1.32. The summed E-state index contributed by atoms with van der Waals surface area (Å²) in [5.74, 6) is 1.52. The number of pyridine rings is 1. The average molecular weight is 218 g/mol. The van der Waals surface area contributed by atoms with Crippen molar-refractivity contribution in [1.82, 2.24) is 14.8 Å². The predicted molar refractivity (Wildman–Crippen MR) is 62.0 cm³/mol. The summed E-state index contributed by atoms with van der Waals surface area (Å²) in [6, 6.07) is 3.72. The Morgan fingerprint density at radius 3 is 2.81 bits per heavy atom. The van der Waals surface area contributed by atoms with Gasteiger partial charge in [0.15, 0.2) is 0 Å². The third-order valence-corrected chi connectivity index (χ3v) is 2.20. The van der Waals surface area contributed by atoms with Crippen LogP contribution in [0.5, 0.6) is 5.75 Å². The van der Waals surface area contributed by atoms with Crippen LogP contribution in [-0.2, 0) is 6.54 Å². The monoisotopic (exact) mass is 218 g/mol.